The zero-order valence-corrected chi connectivity index (χ0v) is 10.0. The molecular weight excluding hydrogens is 188 g/mol. The minimum absolute atomic E-state index is 1.18. The highest BCUT2D eigenvalue weighted by molar-refractivity contribution is 8.02. The number of hydrogen-bond donors (Lipinski definition) is 0. The summed E-state index contributed by atoms with van der Waals surface area (Å²) in [5.74, 6) is 0. The van der Waals surface area contributed by atoms with E-state index in [9.17, 15) is 0 Å². The Morgan fingerprint density at radius 1 is 1.29 bits per heavy atom. The van der Waals surface area contributed by atoms with E-state index in [4.69, 9.17) is 0 Å². The van der Waals surface area contributed by atoms with Crippen LogP contribution in [0.1, 0.15) is 30.9 Å². The number of aryl methyl sites for hydroxylation is 2. The molecule has 0 heterocycles. The molecule has 76 valence electrons. The lowest BCUT2D eigenvalue weighted by Crippen LogP contribution is -1.79. The Morgan fingerprint density at radius 2 is 2.07 bits per heavy atom. The topological polar surface area (TPSA) is 0 Å². The fourth-order valence-corrected chi connectivity index (χ4v) is 2.06. The number of allylic oxidation sites excluding steroid dienone is 1. The lowest BCUT2D eigenvalue weighted by molar-refractivity contribution is 0.960. The number of hydrogen-bond acceptors (Lipinski definition) is 1. The van der Waals surface area contributed by atoms with Crippen molar-refractivity contribution in [2.24, 2.45) is 0 Å². The third-order valence-corrected chi connectivity index (χ3v) is 3.12. The monoisotopic (exact) mass is 206 g/mol. The first-order valence-electron chi connectivity index (χ1n) is 5.13. The van der Waals surface area contributed by atoms with Crippen LogP contribution in [0.5, 0.6) is 0 Å². The predicted molar refractivity (Wildman–Crippen MR) is 65.8 cm³/mol. The molecule has 0 nitrogen and oxygen atoms in total. The fourth-order valence-electron chi connectivity index (χ4n) is 1.29. The van der Waals surface area contributed by atoms with Gasteiger partial charge >= 0.3 is 0 Å². The molecule has 0 aliphatic heterocycles. The van der Waals surface area contributed by atoms with Crippen molar-refractivity contribution in [1.82, 2.24) is 0 Å². The van der Waals surface area contributed by atoms with Gasteiger partial charge in [0.1, 0.15) is 0 Å². The summed E-state index contributed by atoms with van der Waals surface area (Å²) in [6.45, 7) is 6.50. The molecule has 0 atom stereocenters. The van der Waals surface area contributed by atoms with Gasteiger partial charge < -0.3 is 0 Å². The number of thioether (sulfide) groups is 1. The van der Waals surface area contributed by atoms with Crippen LogP contribution in [0.15, 0.2) is 34.6 Å². The van der Waals surface area contributed by atoms with Crippen molar-refractivity contribution in [2.45, 2.75) is 38.5 Å². The van der Waals surface area contributed by atoms with E-state index in [0.29, 0.717) is 0 Å². The minimum Gasteiger partial charge on any atom is -0.0981 e. The SMILES string of the molecule is CCC/C=C/Sc1ccc(C)cc1C. The van der Waals surface area contributed by atoms with Gasteiger partial charge in [0.05, 0.1) is 0 Å². The Kier molecular flexibility index (Phi) is 4.81. The second-order valence-electron chi connectivity index (χ2n) is 3.55. The van der Waals surface area contributed by atoms with Crippen LogP contribution in [-0.2, 0) is 0 Å². The quantitative estimate of drug-likeness (QED) is 0.643. The summed E-state index contributed by atoms with van der Waals surface area (Å²) >= 11 is 1.82. The molecular formula is C13H18S. The van der Waals surface area contributed by atoms with E-state index < -0.39 is 0 Å². The van der Waals surface area contributed by atoms with E-state index in [-0.39, 0.29) is 0 Å². The van der Waals surface area contributed by atoms with Crippen molar-refractivity contribution >= 4 is 11.8 Å². The second-order valence-corrected chi connectivity index (χ2v) is 4.49. The molecule has 0 radical (unpaired) electrons. The molecule has 0 bridgehead atoms. The Bertz CT molecular complexity index is 313. The highest BCUT2D eigenvalue weighted by Gasteiger charge is 1.95. The lowest BCUT2D eigenvalue weighted by Gasteiger charge is -2.02. The van der Waals surface area contributed by atoms with Gasteiger partial charge in [-0.25, -0.2) is 0 Å². The van der Waals surface area contributed by atoms with E-state index in [1.54, 1.807) is 0 Å². The van der Waals surface area contributed by atoms with Gasteiger partial charge in [0.2, 0.25) is 0 Å². The number of rotatable bonds is 4. The summed E-state index contributed by atoms with van der Waals surface area (Å²) in [7, 11) is 0. The van der Waals surface area contributed by atoms with Crippen LogP contribution in [-0.4, -0.2) is 0 Å². The zero-order chi connectivity index (χ0) is 10.4. The van der Waals surface area contributed by atoms with E-state index in [0.717, 1.165) is 0 Å². The van der Waals surface area contributed by atoms with Crippen molar-refractivity contribution in [3.63, 3.8) is 0 Å². The first-order valence-corrected chi connectivity index (χ1v) is 6.01. The summed E-state index contributed by atoms with van der Waals surface area (Å²) in [4.78, 5) is 1.36. The van der Waals surface area contributed by atoms with Gasteiger partial charge in [-0.1, -0.05) is 48.9 Å². The van der Waals surface area contributed by atoms with Gasteiger partial charge in [-0.05, 0) is 37.3 Å². The Balaban J connectivity index is 2.59. The van der Waals surface area contributed by atoms with Crippen molar-refractivity contribution in [3.8, 4) is 0 Å². The molecule has 0 saturated carbocycles. The normalized spacial score (nSPS) is 11.1. The molecule has 1 aromatic rings. The molecule has 0 unspecified atom stereocenters. The first-order chi connectivity index (χ1) is 6.74. The Morgan fingerprint density at radius 3 is 2.71 bits per heavy atom. The zero-order valence-electron chi connectivity index (χ0n) is 9.21. The van der Waals surface area contributed by atoms with Gasteiger partial charge in [0.25, 0.3) is 0 Å². The molecule has 0 aliphatic rings. The van der Waals surface area contributed by atoms with Crippen LogP contribution >= 0.6 is 11.8 Å². The van der Waals surface area contributed by atoms with Crippen LogP contribution < -0.4 is 0 Å². The maximum absolute atomic E-state index is 2.24. The van der Waals surface area contributed by atoms with Crippen LogP contribution in [0.3, 0.4) is 0 Å². The van der Waals surface area contributed by atoms with Crippen molar-refractivity contribution in [1.29, 1.82) is 0 Å². The van der Waals surface area contributed by atoms with E-state index >= 15 is 0 Å². The molecule has 1 aromatic carbocycles. The molecule has 0 saturated heterocycles. The average Bonchev–Trinajstić information content (AvgIpc) is 2.15. The smallest absolute Gasteiger partial charge is 0.0145 e. The van der Waals surface area contributed by atoms with E-state index in [1.807, 2.05) is 11.8 Å². The number of unbranched alkanes of at least 4 members (excludes halogenated alkanes) is 1. The van der Waals surface area contributed by atoms with Gasteiger partial charge in [-0.2, -0.15) is 0 Å². The molecule has 1 rings (SSSR count). The maximum atomic E-state index is 2.24. The van der Waals surface area contributed by atoms with Crippen molar-refractivity contribution in [3.05, 3.63) is 40.8 Å². The Labute approximate surface area is 91.4 Å². The van der Waals surface area contributed by atoms with Crippen molar-refractivity contribution in [2.75, 3.05) is 0 Å². The molecule has 0 spiro atoms. The third kappa shape index (κ3) is 3.59. The average molecular weight is 206 g/mol. The summed E-state index contributed by atoms with van der Waals surface area (Å²) in [5, 5.41) is 2.20. The molecule has 1 heteroatoms. The molecule has 0 aromatic heterocycles. The van der Waals surface area contributed by atoms with Crippen LogP contribution in [0, 0.1) is 13.8 Å². The molecule has 0 fully saturated rings. The van der Waals surface area contributed by atoms with Crippen LogP contribution in [0.2, 0.25) is 0 Å². The Hall–Kier alpha value is -0.690. The molecule has 0 N–H and O–H groups in total. The van der Waals surface area contributed by atoms with Crippen LogP contribution in [0.25, 0.3) is 0 Å². The minimum atomic E-state index is 1.18. The standard InChI is InChI=1S/C13H18S/c1-4-5-6-9-14-13-8-7-11(2)10-12(13)3/h6-10H,4-5H2,1-3H3/b9-6+. The van der Waals surface area contributed by atoms with Gasteiger partial charge in [-0.15, -0.1) is 0 Å². The summed E-state index contributed by atoms with van der Waals surface area (Å²) < 4.78 is 0. The predicted octanol–water partition coefficient (Wildman–Crippen LogP) is 4.71. The largest absolute Gasteiger partial charge is 0.0981 e. The summed E-state index contributed by atoms with van der Waals surface area (Å²) in [5.41, 5.74) is 2.71. The van der Waals surface area contributed by atoms with Gasteiger partial charge in [-0.3, -0.25) is 0 Å². The maximum Gasteiger partial charge on any atom is 0.0145 e. The second kappa shape index (κ2) is 5.92. The first kappa shape index (κ1) is 11.4. The highest BCUT2D eigenvalue weighted by atomic mass is 32.2. The van der Waals surface area contributed by atoms with Crippen molar-refractivity contribution < 1.29 is 0 Å². The fraction of sp³-hybridized carbons (Fsp3) is 0.385. The van der Waals surface area contributed by atoms with Crippen LogP contribution in [0.4, 0.5) is 0 Å². The number of benzene rings is 1. The molecule has 14 heavy (non-hydrogen) atoms. The summed E-state index contributed by atoms with van der Waals surface area (Å²) in [6.07, 6.45) is 4.64. The van der Waals surface area contributed by atoms with Gasteiger partial charge in [0.15, 0.2) is 0 Å². The van der Waals surface area contributed by atoms with E-state index in [1.165, 1.54) is 28.9 Å². The van der Waals surface area contributed by atoms with E-state index in [2.05, 4.69) is 50.5 Å². The third-order valence-electron chi connectivity index (χ3n) is 2.08. The molecule has 0 amide bonds. The highest BCUT2D eigenvalue weighted by Crippen LogP contribution is 2.24. The lowest BCUT2D eigenvalue weighted by atomic mass is 10.2. The van der Waals surface area contributed by atoms with Gasteiger partial charge in [0, 0.05) is 4.90 Å². The summed E-state index contributed by atoms with van der Waals surface area (Å²) in [6, 6.07) is 6.60. The molecule has 0 aliphatic carbocycles.